The molecular formula is C17H26O. The first kappa shape index (κ1) is 13.6. The fourth-order valence-electron chi connectivity index (χ4n) is 3.58. The van der Waals surface area contributed by atoms with Crippen LogP contribution in [0.2, 0.25) is 0 Å². The minimum absolute atomic E-state index is 0.128. The molecule has 1 nitrogen and oxygen atoms in total. The Bertz CT molecular complexity index is 371. The maximum atomic E-state index is 10.8. The number of aryl methyl sites for hydroxylation is 1. The molecule has 1 aliphatic carbocycles. The number of hydrogen-bond acceptors (Lipinski definition) is 1. The highest BCUT2D eigenvalue weighted by Gasteiger charge is 2.41. The highest BCUT2D eigenvalue weighted by Crippen LogP contribution is 2.51. The van der Waals surface area contributed by atoms with E-state index >= 15 is 0 Å². The van der Waals surface area contributed by atoms with Gasteiger partial charge in [0.15, 0.2) is 0 Å². The standard InChI is InChI=1S/C17H26O/c1-13(2)12-17(10-4-5-11-17)16(18)15-8-6-14(3)7-9-15/h6-9,13,16,18H,4-5,10-12H2,1-3H3. The van der Waals surface area contributed by atoms with Crippen molar-refractivity contribution < 1.29 is 5.11 Å². The smallest absolute Gasteiger partial charge is 0.0846 e. The molecule has 0 spiro atoms. The van der Waals surface area contributed by atoms with Gasteiger partial charge in [-0.05, 0) is 37.7 Å². The molecule has 18 heavy (non-hydrogen) atoms. The molecule has 1 aromatic rings. The van der Waals surface area contributed by atoms with Crippen LogP contribution in [0.5, 0.6) is 0 Å². The summed E-state index contributed by atoms with van der Waals surface area (Å²) < 4.78 is 0. The summed E-state index contributed by atoms with van der Waals surface area (Å²) >= 11 is 0. The van der Waals surface area contributed by atoms with E-state index in [-0.39, 0.29) is 11.5 Å². The summed E-state index contributed by atoms with van der Waals surface area (Å²) in [5.74, 6) is 0.656. The molecule has 0 amide bonds. The Hall–Kier alpha value is -0.820. The molecule has 1 saturated carbocycles. The van der Waals surface area contributed by atoms with Crippen LogP contribution >= 0.6 is 0 Å². The van der Waals surface area contributed by atoms with Crippen LogP contribution in [0.1, 0.15) is 63.2 Å². The fraction of sp³-hybridized carbons (Fsp3) is 0.647. The van der Waals surface area contributed by atoms with E-state index in [4.69, 9.17) is 0 Å². The molecule has 1 atom stereocenters. The van der Waals surface area contributed by atoms with Gasteiger partial charge in [-0.3, -0.25) is 0 Å². The zero-order chi connectivity index (χ0) is 13.2. The van der Waals surface area contributed by atoms with E-state index in [9.17, 15) is 5.11 Å². The maximum Gasteiger partial charge on any atom is 0.0846 e. The highest BCUT2D eigenvalue weighted by molar-refractivity contribution is 5.25. The Morgan fingerprint density at radius 3 is 2.17 bits per heavy atom. The molecule has 1 aromatic carbocycles. The lowest BCUT2D eigenvalue weighted by molar-refractivity contribution is 0.0112. The van der Waals surface area contributed by atoms with Gasteiger partial charge in [-0.2, -0.15) is 0 Å². The van der Waals surface area contributed by atoms with Crippen molar-refractivity contribution in [1.29, 1.82) is 0 Å². The quantitative estimate of drug-likeness (QED) is 0.821. The summed E-state index contributed by atoms with van der Waals surface area (Å²) in [6.07, 6.45) is 5.76. The van der Waals surface area contributed by atoms with Gasteiger partial charge in [0.05, 0.1) is 6.10 Å². The van der Waals surface area contributed by atoms with E-state index in [1.54, 1.807) is 0 Å². The van der Waals surface area contributed by atoms with Gasteiger partial charge in [-0.15, -0.1) is 0 Å². The first-order valence-corrected chi connectivity index (χ1v) is 7.28. The molecule has 0 aliphatic heterocycles. The zero-order valence-corrected chi connectivity index (χ0v) is 11.9. The molecule has 0 radical (unpaired) electrons. The molecule has 0 aromatic heterocycles. The molecule has 2 rings (SSSR count). The van der Waals surface area contributed by atoms with Crippen molar-refractivity contribution in [3.63, 3.8) is 0 Å². The molecule has 100 valence electrons. The van der Waals surface area contributed by atoms with Crippen LogP contribution in [0.15, 0.2) is 24.3 Å². The molecule has 1 N–H and O–H groups in total. The monoisotopic (exact) mass is 246 g/mol. The first-order chi connectivity index (χ1) is 8.53. The Kier molecular flexibility index (Phi) is 4.11. The topological polar surface area (TPSA) is 20.2 Å². The number of rotatable bonds is 4. The van der Waals surface area contributed by atoms with Gasteiger partial charge in [-0.1, -0.05) is 56.5 Å². The Balaban J connectivity index is 2.22. The molecule has 1 unspecified atom stereocenters. The third-order valence-electron chi connectivity index (χ3n) is 4.39. The molecule has 1 aliphatic rings. The average Bonchev–Trinajstić information content (AvgIpc) is 2.78. The lowest BCUT2D eigenvalue weighted by Crippen LogP contribution is -2.27. The lowest BCUT2D eigenvalue weighted by Gasteiger charge is -2.36. The second-order valence-corrected chi connectivity index (χ2v) is 6.48. The van der Waals surface area contributed by atoms with Crippen molar-refractivity contribution in [2.75, 3.05) is 0 Å². The van der Waals surface area contributed by atoms with Crippen LogP contribution in [0.3, 0.4) is 0 Å². The van der Waals surface area contributed by atoms with Gasteiger partial charge in [0.1, 0.15) is 0 Å². The first-order valence-electron chi connectivity index (χ1n) is 7.28. The van der Waals surface area contributed by atoms with Crippen LogP contribution in [0.25, 0.3) is 0 Å². The van der Waals surface area contributed by atoms with E-state index < -0.39 is 0 Å². The van der Waals surface area contributed by atoms with Gasteiger partial charge in [0.2, 0.25) is 0 Å². The summed E-state index contributed by atoms with van der Waals surface area (Å²) in [7, 11) is 0. The van der Waals surface area contributed by atoms with E-state index in [0.29, 0.717) is 5.92 Å². The Morgan fingerprint density at radius 2 is 1.67 bits per heavy atom. The SMILES string of the molecule is Cc1ccc(C(O)C2(CC(C)C)CCCC2)cc1. The largest absolute Gasteiger partial charge is 0.388 e. The predicted octanol–water partition coefficient (Wildman–Crippen LogP) is 4.63. The normalized spacial score (nSPS) is 20.3. The molecule has 1 heteroatoms. The molecule has 0 saturated heterocycles. The van der Waals surface area contributed by atoms with Gasteiger partial charge >= 0.3 is 0 Å². The number of aliphatic hydroxyl groups excluding tert-OH is 1. The van der Waals surface area contributed by atoms with Crippen LogP contribution in [0, 0.1) is 18.3 Å². The second-order valence-electron chi connectivity index (χ2n) is 6.48. The molecular weight excluding hydrogens is 220 g/mol. The second kappa shape index (κ2) is 5.44. The van der Waals surface area contributed by atoms with Gasteiger partial charge < -0.3 is 5.11 Å². The van der Waals surface area contributed by atoms with Crippen molar-refractivity contribution in [3.05, 3.63) is 35.4 Å². The van der Waals surface area contributed by atoms with Gasteiger partial charge in [-0.25, -0.2) is 0 Å². The van der Waals surface area contributed by atoms with Crippen molar-refractivity contribution in [2.24, 2.45) is 11.3 Å². The minimum Gasteiger partial charge on any atom is -0.388 e. The van der Waals surface area contributed by atoms with E-state index in [0.717, 1.165) is 12.0 Å². The average molecular weight is 246 g/mol. The van der Waals surface area contributed by atoms with Crippen LogP contribution in [-0.2, 0) is 0 Å². The number of aliphatic hydroxyl groups is 1. The number of hydrogen-bond donors (Lipinski definition) is 1. The third kappa shape index (κ3) is 2.77. The Labute approximate surface area is 111 Å². The van der Waals surface area contributed by atoms with E-state index in [1.807, 2.05) is 0 Å². The van der Waals surface area contributed by atoms with Crippen molar-refractivity contribution in [2.45, 2.75) is 59.0 Å². The van der Waals surface area contributed by atoms with E-state index in [2.05, 4.69) is 45.0 Å². The van der Waals surface area contributed by atoms with Crippen molar-refractivity contribution in [1.82, 2.24) is 0 Å². The van der Waals surface area contributed by atoms with E-state index in [1.165, 1.54) is 31.2 Å². The third-order valence-corrected chi connectivity index (χ3v) is 4.39. The van der Waals surface area contributed by atoms with Crippen LogP contribution < -0.4 is 0 Å². The van der Waals surface area contributed by atoms with Crippen LogP contribution in [0.4, 0.5) is 0 Å². The van der Waals surface area contributed by atoms with Crippen LogP contribution in [-0.4, -0.2) is 5.11 Å². The molecule has 1 fully saturated rings. The summed E-state index contributed by atoms with van der Waals surface area (Å²) in [5.41, 5.74) is 2.49. The summed E-state index contributed by atoms with van der Waals surface area (Å²) in [5, 5.41) is 10.8. The fourth-order valence-corrected chi connectivity index (χ4v) is 3.58. The molecule has 0 heterocycles. The maximum absolute atomic E-state index is 10.8. The zero-order valence-electron chi connectivity index (χ0n) is 11.9. The summed E-state index contributed by atoms with van der Waals surface area (Å²) in [6.45, 7) is 6.62. The summed E-state index contributed by atoms with van der Waals surface area (Å²) in [4.78, 5) is 0. The highest BCUT2D eigenvalue weighted by atomic mass is 16.3. The van der Waals surface area contributed by atoms with Gasteiger partial charge in [0, 0.05) is 5.41 Å². The summed E-state index contributed by atoms with van der Waals surface area (Å²) in [6, 6.07) is 8.41. The van der Waals surface area contributed by atoms with Crippen molar-refractivity contribution >= 4 is 0 Å². The minimum atomic E-state index is -0.289. The lowest BCUT2D eigenvalue weighted by atomic mass is 9.72. The van der Waals surface area contributed by atoms with Crippen molar-refractivity contribution in [3.8, 4) is 0 Å². The number of benzene rings is 1. The predicted molar refractivity (Wildman–Crippen MR) is 76.5 cm³/mol. The van der Waals surface area contributed by atoms with Gasteiger partial charge in [0.25, 0.3) is 0 Å². The molecule has 0 bridgehead atoms. The Morgan fingerprint density at radius 1 is 1.11 bits per heavy atom.